The summed E-state index contributed by atoms with van der Waals surface area (Å²) in [6.45, 7) is 1.58. The Kier molecular flexibility index (Phi) is 4.82. The molecule has 1 amide bonds. The van der Waals surface area contributed by atoms with Crippen LogP contribution in [0.5, 0.6) is 5.75 Å². The van der Waals surface area contributed by atoms with Crippen molar-refractivity contribution in [2.24, 2.45) is 0 Å². The van der Waals surface area contributed by atoms with Crippen LogP contribution in [0.2, 0.25) is 0 Å². The lowest BCUT2D eigenvalue weighted by Crippen LogP contribution is -2.25. The fourth-order valence-electron chi connectivity index (χ4n) is 2.30. The van der Waals surface area contributed by atoms with E-state index in [2.05, 4.69) is 20.8 Å². The van der Waals surface area contributed by atoms with Crippen molar-refractivity contribution in [3.8, 4) is 5.75 Å². The molecule has 1 aromatic carbocycles. The Morgan fingerprint density at radius 3 is 3.10 bits per heavy atom. The van der Waals surface area contributed by atoms with Gasteiger partial charge in [0.2, 0.25) is 0 Å². The van der Waals surface area contributed by atoms with Crippen molar-refractivity contribution in [3.63, 3.8) is 0 Å². The third-order valence-corrected chi connectivity index (χ3v) is 3.35. The average molecular weight is 309 g/mol. The highest BCUT2D eigenvalue weighted by molar-refractivity contribution is 6.04. The van der Waals surface area contributed by atoms with Crippen LogP contribution in [-0.2, 0) is 13.0 Å². The zero-order valence-corrected chi connectivity index (χ0v) is 12.4. The zero-order valence-electron chi connectivity index (χ0n) is 11.6. The number of nitrogens with zero attached hydrogens (tertiary/aromatic N) is 1. The van der Waals surface area contributed by atoms with Crippen molar-refractivity contribution in [2.45, 2.75) is 13.0 Å². The van der Waals surface area contributed by atoms with Crippen LogP contribution in [-0.4, -0.2) is 29.8 Å². The largest absolute Gasteiger partial charge is 0.497 e. The second-order valence-electron chi connectivity index (χ2n) is 4.64. The predicted molar refractivity (Wildman–Crippen MR) is 82.2 cm³/mol. The maximum Gasteiger partial charge on any atom is 0.276 e. The van der Waals surface area contributed by atoms with Gasteiger partial charge in [0, 0.05) is 42.5 Å². The number of halogens is 1. The first kappa shape index (κ1) is 15.3. The van der Waals surface area contributed by atoms with Gasteiger partial charge in [0.1, 0.15) is 5.75 Å². The number of carbonyl (C=O) groups excluding carboxylic acids is 1. The highest BCUT2D eigenvalue weighted by atomic mass is 35.5. The number of fused-ring (bicyclic) bond motifs is 1. The normalized spacial score (nSPS) is 13.0. The van der Waals surface area contributed by atoms with Gasteiger partial charge in [0.05, 0.1) is 7.11 Å². The van der Waals surface area contributed by atoms with Gasteiger partial charge in [-0.25, -0.2) is 0 Å². The minimum atomic E-state index is -0.209. The number of methoxy groups -OCH3 is 1. The second kappa shape index (κ2) is 6.60. The molecule has 0 atom stereocenters. The molecule has 0 bridgehead atoms. The van der Waals surface area contributed by atoms with Crippen LogP contribution in [0.3, 0.4) is 0 Å². The number of nitrogens with one attached hydrogen (secondary N) is 3. The second-order valence-corrected chi connectivity index (χ2v) is 4.64. The number of hydrogen-bond acceptors (Lipinski definition) is 4. The summed E-state index contributed by atoms with van der Waals surface area (Å²) < 4.78 is 5.13. The molecule has 0 spiro atoms. The molecule has 0 unspecified atom stereocenters. The number of ether oxygens (including phenoxy) is 1. The Bertz CT molecular complexity index is 642. The molecule has 0 saturated carbocycles. The fraction of sp³-hybridized carbons (Fsp3) is 0.286. The minimum absolute atomic E-state index is 0. The van der Waals surface area contributed by atoms with E-state index in [1.807, 2.05) is 18.2 Å². The van der Waals surface area contributed by atoms with Gasteiger partial charge in [0.15, 0.2) is 5.69 Å². The van der Waals surface area contributed by atoms with Gasteiger partial charge in [-0.2, -0.15) is 5.10 Å². The van der Waals surface area contributed by atoms with Gasteiger partial charge in [-0.3, -0.25) is 9.89 Å². The number of H-pyrrole nitrogens is 1. The number of amides is 1. The van der Waals surface area contributed by atoms with E-state index in [0.29, 0.717) is 23.7 Å². The predicted octanol–water partition coefficient (Wildman–Crippen LogP) is 1.74. The van der Waals surface area contributed by atoms with Crippen LogP contribution >= 0.6 is 12.4 Å². The molecule has 1 aliphatic heterocycles. The molecule has 21 heavy (non-hydrogen) atoms. The number of hydrogen-bond donors (Lipinski definition) is 3. The first-order chi connectivity index (χ1) is 9.78. The highest BCUT2D eigenvalue weighted by Crippen LogP contribution is 2.19. The molecule has 7 heteroatoms. The Morgan fingerprint density at radius 2 is 2.29 bits per heavy atom. The van der Waals surface area contributed by atoms with Crippen LogP contribution in [0, 0.1) is 0 Å². The van der Waals surface area contributed by atoms with E-state index in [4.69, 9.17) is 4.74 Å². The van der Waals surface area contributed by atoms with Crippen LogP contribution in [0.25, 0.3) is 0 Å². The van der Waals surface area contributed by atoms with E-state index in [9.17, 15) is 4.79 Å². The van der Waals surface area contributed by atoms with Crippen molar-refractivity contribution >= 4 is 24.0 Å². The fourth-order valence-corrected chi connectivity index (χ4v) is 2.30. The first-order valence-electron chi connectivity index (χ1n) is 6.50. The maximum atomic E-state index is 12.3. The first-order valence-corrected chi connectivity index (χ1v) is 6.50. The van der Waals surface area contributed by atoms with Gasteiger partial charge in [-0.15, -0.1) is 12.4 Å². The number of aromatic nitrogens is 2. The summed E-state index contributed by atoms with van der Waals surface area (Å²) in [5, 5.41) is 13.2. The molecule has 3 rings (SSSR count). The van der Waals surface area contributed by atoms with Crippen LogP contribution in [0.15, 0.2) is 24.3 Å². The molecule has 1 aromatic heterocycles. The molecular weight excluding hydrogens is 292 g/mol. The lowest BCUT2D eigenvalue weighted by Gasteiger charge is -2.13. The average Bonchev–Trinajstić information content (AvgIpc) is 2.91. The van der Waals surface area contributed by atoms with Crippen molar-refractivity contribution in [2.75, 3.05) is 19.0 Å². The molecular formula is C14H17ClN4O2. The minimum Gasteiger partial charge on any atom is -0.497 e. The summed E-state index contributed by atoms with van der Waals surface area (Å²) in [7, 11) is 1.59. The van der Waals surface area contributed by atoms with Crippen LogP contribution in [0.4, 0.5) is 5.69 Å². The van der Waals surface area contributed by atoms with Crippen LogP contribution < -0.4 is 15.4 Å². The molecule has 0 fully saturated rings. The number of aromatic amines is 1. The summed E-state index contributed by atoms with van der Waals surface area (Å²) in [5.41, 5.74) is 3.14. The molecule has 3 N–H and O–H groups in total. The Labute approximate surface area is 128 Å². The molecule has 2 aromatic rings. The lowest BCUT2D eigenvalue weighted by atomic mass is 10.1. The van der Waals surface area contributed by atoms with Crippen molar-refractivity contribution in [1.82, 2.24) is 15.5 Å². The van der Waals surface area contributed by atoms with E-state index in [1.54, 1.807) is 13.2 Å². The van der Waals surface area contributed by atoms with Crippen molar-refractivity contribution in [1.29, 1.82) is 0 Å². The zero-order chi connectivity index (χ0) is 13.9. The van der Waals surface area contributed by atoms with Crippen LogP contribution in [0.1, 0.15) is 21.7 Å². The molecule has 0 saturated heterocycles. The molecule has 0 radical (unpaired) electrons. The smallest absolute Gasteiger partial charge is 0.276 e. The number of rotatable bonds is 3. The Balaban J connectivity index is 0.00000161. The Morgan fingerprint density at radius 1 is 1.43 bits per heavy atom. The van der Waals surface area contributed by atoms with Crippen molar-refractivity contribution in [3.05, 3.63) is 41.2 Å². The third-order valence-electron chi connectivity index (χ3n) is 3.35. The van der Waals surface area contributed by atoms with E-state index < -0.39 is 0 Å². The van der Waals surface area contributed by atoms with Gasteiger partial charge in [-0.05, 0) is 12.1 Å². The lowest BCUT2D eigenvalue weighted by molar-refractivity contribution is 0.102. The number of carbonyl (C=O) groups is 1. The van der Waals surface area contributed by atoms with Gasteiger partial charge in [-0.1, -0.05) is 6.07 Å². The van der Waals surface area contributed by atoms with E-state index in [0.717, 1.165) is 24.2 Å². The van der Waals surface area contributed by atoms with Gasteiger partial charge in [0.25, 0.3) is 5.91 Å². The molecule has 112 valence electrons. The highest BCUT2D eigenvalue weighted by Gasteiger charge is 2.21. The van der Waals surface area contributed by atoms with Crippen molar-refractivity contribution < 1.29 is 9.53 Å². The monoisotopic (exact) mass is 308 g/mol. The molecule has 6 nitrogen and oxygen atoms in total. The molecule has 0 aliphatic carbocycles. The summed E-state index contributed by atoms with van der Waals surface area (Å²) in [6.07, 6.45) is 0.870. The van der Waals surface area contributed by atoms with E-state index in [1.165, 1.54) is 0 Å². The molecule has 1 aliphatic rings. The SMILES string of the molecule is COc1cccc(NC(=O)c2n[nH]c3c2CNCC3)c1.Cl. The summed E-state index contributed by atoms with van der Waals surface area (Å²) in [5.74, 6) is 0.493. The Hall–Kier alpha value is -2.05. The third kappa shape index (κ3) is 3.17. The van der Waals surface area contributed by atoms with E-state index in [-0.39, 0.29) is 18.3 Å². The van der Waals surface area contributed by atoms with Gasteiger partial charge >= 0.3 is 0 Å². The summed E-state index contributed by atoms with van der Waals surface area (Å²) in [4.78, 5) is 12.3. The number of anilines is 1. The number of benzene rings is 1. The molecule has 2 heterocycles. The summed E-state index contributed by atoms with van der Waals surface area (Å²) >= 11 is 0. The van der Waals surface area contributed by atoms with Gasteiger partial charge < -0.3 is 15.4 Å². The van der Waals surface area contributed by atoms with E-state index >= 15 is 0 Å². The maximum absolute atomic E-state index is 12.3. The quantitative estimate of drug-likeness (QED) is 0.807. The summed E-state index contributed by atoms with van der Waals surface area (Å²) in [6, 6.07) is 7.25. The topological polar surface area (TPSA) is 79.0 Å². The standard InChI is InChI=1S/C14H16N4O2.ClH/c1-20-10-4-2-3-9(7-10)16-14(19)13-11-8-15-6-5-12(11)17-18-13;/h2-4,7,15H,5-6,8H2,1H3,(H,16,19)(H,17,18);1H.